The van der Waals surface area contributed by atoms with Gasteiger partial charge in [-0.25, -0.2) is 0 Å². The van der Waals surface area contributed by atoms with Gasteiger partial charge in [-0.15, -0.1) is 0 Å². The zero-order chi connectivity index (χ0) is 18.0. The molecule has 0 atom stereocenters. The van der Waals surface area contributed by atoms with Crippen molar-refractivity contribution >= 4 is 33.2 Å². The van der Waals surface area contributed by atoms with Crippen molar-refractivity contribution in [2.75, 3.05) is 11.1 Å². The quantitative estimate of drug-likeness (QED) is 0.755. The highest BCUT2D eigenvalue weighted by molar-refractivity contribution is 9.10. The van der Waals surface area contributed by atoms with Gasteiger partial charge in [0.1, 0.15) is 0 Å². The van der Waals surface area contributed by atoms with Crippen LogP contribution >= 0.6 is 15.9 Å². The Balaban J connectivity index is 2.18. The first kappa shape index (κ1) is 18.5. The Bertz CT molecular complexity index is 765. The standard InChI is InChI=1S/C18H25BrN4O/c1-10(2)9-23-13(5)15(12(4)22-23)8-17(24)21-16-7-14(19)6-11(3)18(16)20/h6-7,10H,8-9,20H2,1-5H3,(H,21,24). The molecule has 1 amide bonds. The largest absolute Gasteiger partial charge is 0.397 e. The van der Waals surface area contributed by atoms with E-state index in [-0.39, 0.29) is 5.91 Å². The van der Waals surface area contributed by atoms with Crippen molar-refractivity contribution in [1.82, 2.24) is 9.78 Å². The van der Waals surface area contributed by atoms with Gasteiger partial charge in [0.25, 0.3) is 0 Å². The van der Waals surface area contributed by atoms with E-state index in [2.05, 4.69) is 40.2 Å². The van der Waals surface area contributed by atoms with Crippen LogP contribution in [0.5, 0.6) is 0 Å². The second kappa shape index (κ2) is 7.38. The fourth-order valence-corrected chi connectivity index (χ4v) is 3.30. The lowest BCUT2D eigenvalue weighted by Crippen LogP contribution is -2.17. The molecule has 0 spiro atoms. The van der Waals surface area contributed by atoms with Gasteiger partial charge in [-0.1, -0.05) is 29.8 Å². The molecule has 6 heteroatoms. The highest BCUT2D eigenvalue weighted by atomic mass is 79.9. The Kier molecular flexibility index (Phi) is 5.70. The van der Waals surface area contributed by atoms with Gasteiger partial charge in [0.15, 0.2) is 0 Å². The van der Waals surface area contributed by atoms with E-state index in [9.17, 15) is 4.79 Å². The maximum Gasteiger partial charge on any atom is 0.228 e. The molecule has 1 aromatic heterocycles. The van der Waals surface area contributed by atoms with Crippen LogP contribution in [0.25, 0.3) is 0 Å². The molecule has 0 unspecified atom stereocenters. The van der Waals surface area contributed by atoms with E-state index in [1.54, 1.807) is 0 Å². The number of carbonyl (C=O) groups excluding carboxylic acids is 1. The van der Waals surface area contributed by atoms with Gasteiger partial charge < -0.3 is 11.1 Å². The van der Waals surface area contributed by atoms with Crippen molar-refractivity contribution in [1.29, 1.82) is 0 Å². The van der Waals surface area contributed by atoms with E-state index in [0.29, 0.717) is 23.7 Å². The van der Waals surface area contributed by atoms with Gasteiger partial charge in [0.05, 0.1) is 23.5 Å². The van der Waals surface area contributed by atoms with Gasteiger partial charge in [0.2, 0.25) is 5.91 Å². The molecular formula is C18H25BrN4O. The number of anilines is 2. The number of carbonyl (C=O) groups is 1. The number of hydrogen-bond acceptors (Lipinski definition) is 3. The molecule has 2 aromatic rings. The summed E-state index contributed by atoms with van der Waals surface area (Å²) in [6.45, 7) is 11.0. The third-order valence-corrected chi connectivity index (χ3v) is 4.49. The van der Waals surface area contributed by atoms with Gasteiger partial charge >= 0.3 is 0 Å². The van der Waals surface area contributed by atoms with Crippen LogP contribution in [0.15, 0.2) is 16.6 Å². The molecule has 0 radical (unpaired) electrons. The summed E-state index contributed by atoms with van der Waals surface area (Å²) in [7, 11) is 0. The molecule has 5 nitrogen and oxygen atoms in total. The summed E-state index contributed by atoms with van der Waals surface area (Å²) >= 11 is 3.43. The van der Waals surface area contributed by atoms with E-state index in [4.69, 9.17) is 5.73 Å². The van der Waals surface area contributed by atoms with Crippen LogP contribution < -0.4 is 11.1 Å². The number of benzene rings is 1. The Hall–Kier alpha value is -1.82. The Morgan fingerprint density at radius 2 is 2.00 bits per heavy atom. The van der Waals surface area contributed by atoms with E-state index in [0.717, 1.165) is 33.5 Å². The molecule has 24 heavy (non-hydrogen) atoms. The number of amides is 1. The molecule has 0 saturated carbocycles. The number of aryl methyl sites for hydroxylation is 2. The van der Waals surface area contributed by atoms with Crippen molar-refractivity contribution in [2.45, 2.75) is 47.6 Å². The number of nitrogens with one attached hydrogen (secondary N) is 1. The third kappa shape index (κ3) is 4.17. The molecular weight excluding hydrogens is 368 g/mol. The third-order valence-electron chi connectivity index (χ3n) is 4.03. The van der Waals surface area contributed by atoms with Crippen LogP contribution in [0.1, 0.15) is 36.4 Å². The van der Waals surface area contributed by atoms with Crippen LogP contribution in [0.3, 0.4) is 0 Å². The lowest BCUT2D eigenvalue weighted by Gasteiger charge is -2.12. The number of rotatable bonds is 5. The van der Waals surface area contributed by atoms with Gasteiger partial charge in [-0.2, -0.15) is 5.10 Å². The maximum atomic E-state index is 12.5. The average Bonchev–Trinajstić information content (AvgIpc) is 2.71. The highest BCUT2D eigenvalue weighted by Crippen LogP contribution is 2.28. The summed E-state index contributed by atoms with van der Waals surface area (Å²) in [6.07, 6.45) is 0.292. The number of halogens is 1. The minimum Gasteiger partial charge on any atom is -0.397 e. The first-order valence-corrected chi connectivity index (χ1v) is 8.86. The Labute approximate surface area is 151 Å². The lowest BCUT2D eigenvalue weighted by atomic mass is 10.1. The van der Waals surface area contributed by atoms with Crippen molar-refractivity contribution in [3.63, 3.8) is 0 Å². The molecule has 0 aliphatic heterocycles. The molecule has 1 heterocycles. The predicted molar refractivity (Wildman–Crippen MR) is 102 cm³/mol. The molecule has 130 valence electrons. The molecule has 0 saturated heterocycles. The predicted octanol–water partition coefficient (Wildman–Crippen LogP) is 3.99. The smallest absolute Gasteiger partial charge is 0.228 e. The highest BCUT2D eigenvalue weighted by Gasteiger charge is 2.16. The minimum absolute atomic E-state index is 0.0884. The summed E-state index contributed by atoms with van der Waals surface area (Å²) in [5, 5.41) is 7.47. The summed E-state index contributed by atoms with van der Waals surface area (Å²) in [5.74, 6) is 0.420. The van der Waals surface area contributed by atoms with E-state index in [1.807, 2.05) is 37.6 Å². The van der Waals surface area contributed by atoms with Gasteiger partial charge in [-0.3, -0.25) is 9.48 Å². The first-order chi connectivity index (χ1) is 11.2. The molecule has 0 fully saturated rings. The fourth-order valence-electron chi connectivity index (χ4n) is 2.73. The van der Waals surface area contributed by atoms with Gasteiger partial charge in [0, 0.05) is 22.3 Å². The van der Waals surface area contributed by atoms with Crippen LogP contribution in [0, 0.1) is 26.7 Å². The maximum absolute atomic E-state index is 12.5. The van der Waals surface area contributed by atoms with Crippen molar-refractivity contribution in [3.05, 3.63) is 39.1 Å². The lowest BCUT2D eigenvalue weighted by molar-refractivity contribution is -0.115. The minimum atomic E-state index is -0.0884. The second-order valence-electron chi connectivity index (χ2n) is 6.63. The monoisotopic (exact) mass is 392 g/mol. The SMILES string of the molecule is Cc1cc(Br)cc(NC(=O)Cc2c(C)nn(CC(C)C)c2C)c1N. The summed E-state index contributed by atoms with van der Waals surface area (Å²) in [5.41, 5.74) is 11.2. The molecule has 0 aliphatic carbocycles. The Morgan fingerprint density at radius 3 is 2.62 bits per heavy atom. The average molecular weight is 393 g/mol. The number of nitrogen functional groups attached to an aromatic ring is 1. The molecule has 1 aromatic carbocycles. The number of aromatic nitrogens is 2. The van der Waals surface area contributed by atoms with Gasteiger partial charge in [-0.05, 0) is 44.4 Å². The van der Waals surface area contributed by atoms with E-state index < -0.39 is 0 Å². The number of hydrogen-bond donors (Lipinski definition) is 2. The second-order valence-corrected chi connectivity index (χ2v) is 7.55. The molecule has 3 N–H and O–H groups in total. The summed E-state index contributed by atoms with van der Waals surface area (Å²) in [6, 6.07) is 3.75. The normalized spacial score (nSPS) is 11.1. The van der Waals surface area contributed by atoms with Crippen LogP contribution in [0.4, 0.5) is 11.4 Å². The Morgan fingerprint density at radius 1 is 1.33 bits per heavy atom. The van der Waals surface area contributed by atoms with Crippen molar-refractivity contribution < 1.29 is 4.79 Å². The van der Waals surface area contributed by atoms with Crippen molar-refractivity contribution in [2.24, 2.45) is 5.92 Å². The molecule has 0 aliphatic rings. The number of nitrogens with zero attached hydrogens (tertiary/aromatic N) is 2. The molecule has 2 rings (SSSR count). The molecule has 0 bridgehead atoms. The first-order valence-electron chi connectivity index (χ1n) is 8.07. The van der Waals surface area contributed by atoms with E-state index in [1.165, 1.54) is 0 Å². The fraction of sp³-hybridized carbons (Fsp3) is 0.444. The summed E-state index contributed by atoms with van der Waals surface area (Å²) < 4.78 is 2.88. The topological polar surface area (TPSA) is 72.9 Å². The zero-order valence-electron chi connectivity index (χ0n) is 14.9. The van der Waals surface area contributed by atoms with Crippen molar-refractivity contribution in [3.8, 4) is 0 Å². The van der Waals surface area contributed by atoms with Crippen LogP contribution in [0.2, 0.25) is 0 Å². The van der Waals surface area contributed by atoms with Crippen LogP contribution in [-0.4, -0.2) is 15.7 Å². The van der Waals surface area contributed by atoms with E-state index >= 15 is 0 Å². The summed E-state index contributed by atoms with van der Waals surface area (Å²) in [4.78, 5) is 12.5. The number of nitrogens with two attached hydrogens (primary N) is 1. The van der Waals surface area contributed by atoms with Crippen LogP contribution in [-0.2, 0) is 17.8 Å². The zero-order valence-corrected chi connectivity index (χ0v) is 16.5.